The minimum absolute atomic E-state index is 0.0420. The number of aliphatic imine (C=N–C) groups is 1. The highest BCUT2D eigenvalue weighted by Gasteiger charge is 2.41. The summed E-state index contributed by atoms with van der Waals surface area (Å²) in [6.07, 6.45) is -1.47. The Hall–Kier alpha value is -2.29. The van der Waals surface area contributed by atoms with Crippen molar-refractivity contribution in [3.63, 3.8) is 0 Å². The van der Waals surface area contributed by atoms with Crippen molar-refractivity contribution in [3.05, 3.63) is 0 Å². The lowest BCUT2D eigenvalue weighted by molar-refractivity contribution is -0.136. The normalized spacial score (nSPS) is 27.4. The SMILES string of the molecule is NC1N=C2NN=C(CC(=O)O)C(=O)C2C(=O)N1. The number of fused-ring (bicyclic) bond motifs is 1. The van der Waals surface area contributed by atoms with Gasteiger partial charge in [-0.25, -0.2) is 4.99 Å². The van der Waals surface area contributed by atoms with Crippen molar-refractivity contribution in [3.8, 4) is 0 Å². The number of aliphatic carboxylic acids is 1. The third kappa shape index (κ3) is 1.99. The Labute approximate surface area is 94.8 Å². The molecule has 2 heterocycles. The van der Waals surface area contributed by atoms with E-state index in [1.54, 1.807) is 0 Å². The van der Waals surface area contributed by atoms with E-state index in [0.29, 0.717) is 0 Å². The molecule has 1 amide bonds. The summed E-state index contributed by atoms with van der Waals surface area (Å²) in [5.41, 5.74) is 7.54. The van der Waals surface area contributed by atoms with Crippen LogP contribution >= 0.6 is 0 Å². The Bertz CT molecular complexity index is 469. The van der Waals surface area contributed by atoms with Crippen LogP contribution < -0.4 is 16.5 Å². The second-order valence-electron chi connectivity index (χ2n) is 3.51. The molecule has 90 valence electrons. The van der Waals surface area contributed by atoms with Gasteiger partial charge in [-0.3, -0.25) is 25.5 Å². The Morgan fingerprint density at radius 3 is 2.82 bits per heavy atom. The van der Waals surface area contributed by atoms with Crippen molar-refractivity contribution in [2.75, 3.05) is 0 Å². The van der Waals surface area contributed by atoms with Crippen molar-refractivity contribution >= 4 is 29.2 Å². The van der Waals surface area contributed by atoms with Gasteiger partial charge in [0.25, 0.3) is 0 Å². The molecule has 0 saturated carbocycles. The summed E-state index contributed by atoms with van der Waals surface area (Å²) < 4.78 is 0. The Morgan fingerprint density at radius 1 is 1.47 bits per heavy atom. The molecule has 0 saturated heterocycles. The summed E-state index contributed by atoms with van der Waals surface area (Å²) in [6, 6.07) is 0. The van der Waals surface area contributed by atoms with Gasteiger partial charge in [0, 0.05) is 0 Å². The number of carboxylic acid groups (broad SMARTS) is 1. The van der Waals surface area contributed by atoms with E-state index in [4.69, 9.17) is 10.8 Å². The van der Waals surface area contributed by atoms with Crippen LogP contribution in [0.25, 0.3) is 0 Å². The largest absolute Gasteiger partial charge is 0.481 e. The molecular weight excluding hydrogens is 230 g/mol. The zero-order chi connectivity index (χ0) is 12.6. The zero-order valence-electron chi connectivity index (χ0n) is 8.51. The maximum atomic E-state index is 11.8. The predicted octanol–water partition coefficient (Wildman–Crippen LogP) is -2.62. The van der Waals surface area contributed by atoms with Gasteiger partial charge in [0.1, 0.15) is 11.5 Å². The molecule has 2 aliphatic rings. The Balaban J connectivity index is 2.31. The average molecular weight is 239 g/mol. The van der Waals surface area contributed by atoms with Gasteiger partial charge in [0.15, 0.2) is 18.0 Å². The Morgan fingerprint density at radius 2 is 2.18 bits per heavy atom. The van der Waals surface area contributed by atoms with Gasteiger partial charge in [0.05, 0.1) is 6.42 Å². The molecule has 0 spiro atoms. The summed E-state index contributed by atoms with van der Waals surface area (Å²) in [5.74, 6) is -3.62. The fraction of sp³-hybridized carbons (Fsp3) is 0.375. The first-order valence-electron chi connectivity index (χ1n) is 4.71. The van der Waals surface area contributed by atoms with E-state index in [9.17, 15) is 14.4 Å². The van der Waals surface area contributed by atoms with E-state index in [2.05, 4.69) is 20.8 Å². The minimum Gasteiger partial charge on any atom is -0.481 e. The van der Waals surface area contributed by atoms with E-state index >= 15 is 0 Å². The number of amidine groups is 1. The van der Waals surface area contributed by atoms with Crippen LogP contribution in [0.5, 0.6) is 0 Å². The van der Waals surface area contributed by atoms with Gasteiger partial charge in [-0.2, -0.15) is 5.10 Å². The lowest BCUT2D eigenvalue weighted by atomic mass is 9.94. The maximum absolute atomic E-state index is 11.8. The number of nitrogens with one attached hydrogen (secondary N) is 2. The molecular formula is C8H9N5O4. The predicted molar refractivity (Wildman–Crippen MR) is 54.9 cm³/mol. The highest BCUT2D eigenvalue weighted by Crippen LogP contribution is 2.13. The van der Waals surface area contributed by atoms with E-state index in [0.717, 1.165) is 0 Å². The fourth-order valence-electron chi connectivity index (χ4n) is 1.56. The standard InChI is InChI=1S/C8H9N5O4/c9-8-10-6-4(7(17)11-8)5(16)2(12-13-6)1-3(14)15/h4,8H,1,9H2,(H,10,13)(H,11,17)(H,14,15). The molecule has 2 atom stereocenters. The highest BCUT2D eigenvalue weighted by atomic mass is 16.4. The van der Waals surface area contributed by atoms with Crippen LogP contribution in [0.2, 0.25) is 0 Å². The maximum Gasteiger partial charge on any atom is 0.309 e. The first-order chi connectivity index (χ1) is 7.99. The number of rotatable bonds is 2. The molecule has 0 aromatic heterocycles. The van der Waals surface area contributed by atoms with Gasteiger partial charge in [-0.1, -0.05) is 0 Å². The second-order valence-corrected chi connectivity index (χ2v) is 3.51. The topological polar surface area (TPSA) is 146 Å². The van der Waals surface area contributed by atoms with Gasteiger partial charge >= 0.3 is 5.97 Å². The number of carboxylic acids is 1. The van der Waals surface area contributed by atoms with Gasteiger partial charge in [0.2, 0.25) is 5.91 Å². The third-order valence-corrected chi connectivity index (χ3v) is 2.27. The highest BCUT2D eigenvalue weighted by molar-refractivity contribution is 6.51. The third-order valence-electron chi connectivity index (χ3n) is 2.27. The van der Waals surface area contributed by atoms with Crippen molar-refractivity contribution < 1.29 is 19.5 Å². The van der Waals surface area contributed by atoms with E-state index in [1.807, 2.05) is 0 Å². The van der Waals surface area contributed by atoms with Gasteiger partial charge in [-0.05, 0) is 0 Å². The Kier molecular flexibility index (Phi) is 2.60. The van der Waals surface area contributed by atoms with Crippen molar-refractivity contribution in [1.29, 1.82) is 0 Å². The van der Waals surface area contributed by atoms with Crippen LogP contribution in [0.3, 0.4) is 0 Å². The van der Waals surface area contributed by atoms with Crippen molar-refractivity contribution in [2.45, 2.75) is 12.7 Å². The summed E-state index contributed by atoms with van der Waals surface area (Å²) in [7, 11) is 0. The summed E-state index contributed by atoms with van der Waals surface area (Å²) in [4.78, 5) is 37.6. The molecule has 2 aliphatic heterocycles. The summed E-state index contributed by atoms with van der Waals surface area (Å²) >= 11 is 0. The number of ketones is 1. The average Bonchev–Trinajstić information content (AvgIpc) is 2.20. The molecule has 0 aromatic rings. The molecule has 0 bridgehead atoms. The van der Waals surface area contributed by atoms with Gasteiger partial charge < -0.3 is 10.4 Å². The quantitative estimate of drug-likeness (QED) is 0.388. The van der Waals surface area contributed by atoms with Crippen LogP contribution in [0.1, 0.15) is 6.42 Å². The minimum atomic E-state index is -1.20. The molecule has 0 aromatic carbocycles. The zero-order valence-corrected chi connectivity index (χ0v) is 8.51. The molecule has 2 unspecified atom stereocenters. The molecule has 0 fully saturated rings. The van der Waals surface area contributed by atoms with Crippen LogP contribution in [0, 0.1) is 5.92 Å². The number of Topliss-reactive ketones (excluding diaryl/α,β-unsaturated/α-hetero) is 1. The number of amides is 1. The lowest BCUT2D eigenvalue weighted by Crippen LogP contribution is -2.58. The number of hydrogen-bond acceptors (Lipinski definition) is 7. The first kappa shape index (κ1) is 11.2. The smallest absolute Gasteiger partial charge is 0.309 e. The number of carbonyl (C=O) groups excluding carboxylic acids is 2. The first-order valence-corrected chi connectivity index (χ1v) is 4.71. The monoisotopic (exact) mass is 239 g/mol. The van der Waals surface area contributed by atoms with Crippen LogP contribution in [0.4, 0.5) is 0 Å². The summed E-state index contributed by atoms with van der Waals surface area (Å²) in [6.45, 7) is 0. The number of hydrogen-bond donors (Lipinski definition) is 4. The molecule has 0 aliphatic carbocycles. The van der Waals surface area contributed by atoms with Gasteiger partial charge in [-0.15, -0.1) is 0 Å². The molecule has 17 heavy (non-hydrogen) atoms. The lowest BCUT2D eigenvalue weighted by Gasteiger charge is -2.27. The van der Waals surface area contributed by atoms with Crippen LogP contribution in [-0.2, 0) is 14.4 Å². The number of carbonyl (C=O) groups is 3. The molecule has 2 rings (SSSR count). The van der Waals surface area contributed by atoms with Crippen molar-refractivity contribution in [1.82, 2.24) is 10.7 Å². The summed E-state index contributed by atoms with van der Waals surface area (Å²) in [5, 5.41) is 14.4. The van der Waals surface area contributed by atoms with Crippen LogP contribution in [-0.4, -0.2) is 40.6 Å². The molecule has 5 N–H and O–H groups in total. The second kappa shape index (κ2) is 3.94. The fourth-order valence-corrected chi connectivity index (χ4v) is 1.56. The molecule has 0 radical (unpaired) electrons. The van der Waals surface area contributed by atoms with E-state index < -0.39 is 36.3 Å². The van der Waals surface area contributed by atoms with E-state index in [-0.39, 0.29) is 11.5 Å². The van der Waals surface area contributed by atoms with E-state index in [1.165, 1.54) is 0 Å². The number of nitrogens with two attached hydrogens (primary N) is 1. The molecule has 9 heteroatoms. The number of nitrogens with zero attached hydrogens (tertiary/aromatic N) is 2. The number of hydrazone groups is 1. The molecule has 9 nitrogen and oxygen atoms in total. The van der Waals surface area contributed by atoms with Crippen LogP contribution in [0.15, 0.2) is 10.1 Å². The van der Waals surface area contributed by atoms with Crippen molar-refractivity contribution in [2.24, 2.45) is 21.7 Å².